The Kier molecular flexibility index (Phi) is 3.43. The molecule has 8 heteroatoms. The minimum atomic E-state index is -4.95. The SMILES string of the molecule is CC(=O)c1cc(C(F)(F)F)nc2c(C(F)(F)F)cccc12. The van der Waals surface area contributed by atoms with E-state index in [0.29, 0.717) is 12.1 Å². The lowest BCUT2D eigenvalue weighted by Gasteiger charge is -2.14. The van der Waals surface area contributed by atoms with Gasteiger partial charge in [-0.2, -0.15) is 26.3 Å². The molecule has 1 aromatic carbocycles. The molecule has 0 aliphatic carbocycles. The zero-order chi connectivity index (χ0) is 16.0. The maximum absolute atomic E-state index is 12.9. The predicted octanol–water partition coefficient (Wildman–Crippen LogP) is 4.48. The number of carbonyl (C=O) groups is 1. The monoisotopic (exact) mass is 307 g/mol. The lowest BCUT2D eigenvalue weighted by Crippen LogP contribution is -2.13. The van der Waals surface area contributed by atoms with Gasteiger partial charge < -0.3 is 0 Å². The summed E-state index contributed by atoms with van der Waals surface area (Å²) in [6.45, 7) is 0.981. The van der Waals surface area contributed by atoms with Crippen LogP contribution in [0.3, 0.4) is 0 Å². The molecular weight excluding hydrogens is 300 g/mol. The maximum atomic E-state index is 12.9. The Morgan fingerprint density at radius 2 is 1.67 bits per heavy atom. The molecule has 0 aliphatic heterocycles. The van der Waals surface area contributed by atoms with E-state index in [2.05, 4.69) is 4.98 Å². The molecule has 0 spiro atoms. The third-order valence-electron chi connectivity index (χ3n) is 2.81. The Bertz CT molecular complexity index is 717. The second-order valence-corrected chi connectivity index (χ2v) is 4.31. The first kappa shape index (κ1) is 15.3. The van der Waals surface area contributed by atoms with E-state index >= 15 is 0 Å². The van der Waals surface area contributed by atoms with Crippen LogP contribution < -0.4 is 0 Å². The zero-order valence-electron chi connectivity index (χ0n) is 10.4. The van der Waals surface area contributed by atoms with Crippen LogP contribution in [-0.4, -0.2) is 10.8 Å². The van der Waals surface area contributed by atoms with Crippen LogP contribution in [-0.2, 0) is 12.4 Å². The topological polar surface area (TPSA) is 30.0 Å². The molecule has 2 rings (SSSR count). The van der Waals surface area contributed by atoms with Gasteiger partial charge in [0.25, 0.3) is 0 Å². The smallest absolute Gasteiger partial charge is 0.294 e. The van der Waals surface area contributed by atoms with Crippen molar-refractivity contribution in [1.82, 2.24) is 4.98 Å². The van der Waals surface area contributed by atoms with Gasteiger partial charge in [-0.05, 0) is 19.1 Å². The number of pyridine rings is 1. The molecule has 0 unspecified atom stereocenters. The first-order valence-electron chi connectivity index (χ1n) is 5.61. The highest BCUT2D eigenvalue weighted by Crippen LogP contribution is 2.37. The predicted molar refractivity (Wildman–Crippen MR) is 61.8 cm³/mol. The van der Waals surface area contributed by atoms with Crippen LogP contribution in [0.5, 0.6) is 0 Å². The van der Waals surface area contributed by atoms with E-state index < -0.39 is 40.5 Å². The van der Waals surface area contributed by atoms with Crippen molar-refractivity contribution < 1.29 is 31.1 Å². The van der Waals surface area contributed by atoms with E-state index in [1.165, 1.54) is 0 Å². The van der Waals surface area contributed by atoms with Crippen molar-refractivity contribution >= 4 is 16.7 Å². The highest BCUT2D eigenvalue weighted by atomic mass is 19.4. The van der Waals surface area contributed by atoms with Crippen molar-refractivity contribution in [2.75, 3.05) is 0 Å². The second kappa shape index (κ2) is 4.71. The van der Waals surface area contributed by atoms with Crippen LogP contribution in [0.15, 0.2) is 24.3 Å². The Hall–Kier alpha value is -2.12. The number of benzene rings is 1. The van der Waals surface area contributed by atoms with Gasteiger partial charge in [0.05, 0.1) is 11.1 Å². The summed E-state index contributed by atoms with van der Waals surface area (Å²) in [5.41, 5.74) is -4.17. The summed E-state index contributed by atoms with van der Waals surface area (Å²) in [7, 11) is 0. The molecule has 2 nitrogen and oxygen atoms in total. The average Bonchev–Trinajstić information content (AvgIpc) is 2.34. The highest BCUT2D eigenvalue weighted by molar-refractivity contribution is 6.06. The quantitative estimate of drug-likeness (QED) is 0.574. The Morgan fingerprint density at radius 3 is 2.14 bits per heavy atom. The number of halogens is 6. The molecule has 0 fully saturated rings. The number of hydrogen-bond donors (Lipinski definition) is 0. The number of hydrogen-bond acceptors (Lipinski definition) is 2. The number of para-hydroxylation sites is 1. The van der Waals surface area contributed by atoms with Gasteiger partial charge in [-0.1, -0.05) is 12.1 Å². The molecular formula is C13H7F6NO. The first-order chi connectivity index (χ1) is 9.51. The highest BCUT2D eigenvalue weighted by Gasteiger charge is 2.37. The van der Waals surface area contributed by atoms with E-state index in [9.17, 15) is 31.1 Å². The van der Waals surface area contributed by atoms with Crippen LogP contribution >= 0.6 is 0 Å². The molecule has 0 aliphatic rings. The number of Topliss-reactive ketones (excluding diaryl/α,β-unsaturated/α-hetero) is 1. The third-order valence-corrected chi connectivity index (χ3v) is 2.81. The van der Waals surface area contributed by atoms with Crippen molar-refractivity contribution in [3.8, 4) is 0 Å². The van der Waals surface area contributed by atoms with Gasteiger partial charge in [-0.25, -0.2) is 4.98 Å². The van der Waals surface area contributed by atoms with Gasteiger partial charge in [-0.3, -0.25) is 4.79 Å². The van der Waals surface area contributed by atoms with Crippen LogP contribution in [0, 0.1) is 0 Å². The third kappa shape index (κ3) is 2.84. The fourth-order valence-electron chi connectivity index (χ4n) is 1.91. The lowest BCUT2D eigenvalue weighted by atomic mass is 10.0. The number of carbonyl (C=O) groups excluding carboxylic acids is 1. The summed E-state index contributed by atoms with van der Waals surface area (Å²) in [5, 5.41) is -0.259. The molecule has 0 radical (unpaired) electrons. The fraction of sp³-hybridized carbons (Fsp3) is 0.231. The van der Waals surface area contributed by atoms with E-state index in [0.717, 1.165) is 19.1 Å². The largest absolute Gasteiger partial charge is 0.433 e. The Balaban J connectivity index is 2.94. The summed E-state index contributed by atoms with van der Waals surface area (Å²) < 4.78 is 76.8. The number of nitrogens with zero attached hydrogens (tertiary/aromatic N) is 1. The van der Waals surface area contributed by atoms with Crippen molar-refractivity contribution in [2.24, 2.45) is 0 Å². The molecule has 112 valence electrons. The van der Waals surface area contributed by atoms with Crippen LogP contribution in [0.2, 0.25) is 0 Å². The molecule has 0 saturated heterocycles. The summed E-state index contributed by atoms with van der Waals surface area (Å²) in [4.78, 5) is 14.5. The van der Waals surface area contributed by atoms with Crippen molar-refractivity contribution in [1.29, 1.82) is 0 Å². The second-order valence-electron chi connectivity index (χ2n) is 4.31. The minimum absolute atomic E-state index is 0.259. The number of fused-ring (bicyclic) bond motifs is 1. The molecule has 1 aromatic heterocycles. The summed E-state index contributed by atoms with van der Waals surface area (Å²) in [6.07, 6.45) is -9.82. The van der Waals surface area contributed by atoms with Gasteiger partial charge in [-0.15, -0.1) is 0 Å². The van der Waals surface area contributed by atoms with Gasteiger partial charge >= 0.3 is 12.4 Å². The molecule has 0 atom stereocenters. The van der Waals surface area contributed by atoms with Crippen molar-refractivity contribution in [3.63, 3.8) is 0 Å². The van der Waals surface area contributed by atoms with E-state index in [1.807, 2.05) is 0 Å². The van der Waals surface area contributed by atoms with Crippen molar-refractivity contribution in [2.45, 2.75) is 19.3 Å². The van der Waals surface area contributed by atoms with E-state index in [4.69, 9.17) is 0 Å². The average molecular weight is 307 g/mol. The van der Waals surface area contributed by atoms with E-state index in [-0.39, 0.29) is 5.39 Å². The number of rotatable bonds is 1. The van der Waals surface area contributed by atoms with Crippen LogP contribution in [0.4, 0.5) is 26.3 Å². The molecule has 0 saturated carbocycles. The van der Waals surface area contributed by atoms with Crippen LogP contribution in [0.25, 0.3) is 10.9 Å². The molecule has 0 N–H and O–H groups in total. The Labute approximate surface area is 114 Å². The normalized spacial score (nSPS) is 12.7. The summed E-state index contributed by atoms with van der Waals surface area (Å²) in [6, 6.07) is 3.24. The number of ketones is 1. The fourth-order valence-corrected chi connectivity index (χ4v) is 1.91. The molecule has 0 amide bonds. The van der Waals surface area contributed by atoms with Crippen molar-refractivity contribution in [3.05, 3.63) is 41.1 Å². The lowest BCUT2D eigenvalue weighted by molar-refractivity contribution is -0.142. The zero-order valence-corrected chi connectivity index (χ0v) is 10.4. The summed E-state index contributed by atoms with van der Waals surface area (Å²) in [5.74, 6) is -0.771. The molecule has 1 heterocycles. The minimum Gasteiger partial charge on any atom is -0.294 e. The number of alkyl halides is 6. The van der Waals surface area contributed by atoms with Gasteiger partial charge in [0, 0.05) is 10.9 Å². The number of aromatic nitrogens is 1. The standard InChI is InChI=1S/C13H7F6NO/c1-6(21)8-5-10(13(17,18)19)20-11-7(8)3-2-4-9(11)12(14,15)16/h2-5H,1H3. The first-order valence-corrected chi connectivity index (χ1v) is 5.61. The van der Waals surface area contributed by atoms with Gasteiger partial charge in [0.2, 0.25) is 0 Å². The molecule has 0 bridgehead atoms. The molecule has 2 aromatic rings. The Morgan fingerprint density at radius 1 is 1.05 bits per heavy atom. The van der Waals surface area contributed by atoms with E-state index in [1.54, 1.807) is 0 Å². The van der Waals surface area contributed by atoms with Gasteiger partial charge in [0.15, 0.2) is 5.78 Å². The van der Waals surface area contributed by atoms with Gasteiger partial charge in [0.1, 0.15) is 5.69 Å². The van der Waals surface area contributed by atoms with Crippen LogP contribution in [0.1, 0.15) is 28.5 Å². The summed E-state index contributed by atoms with van der Waals surface area (Å²) >= 11 is 0. The maximum Gasteiger partial charge on any atom is 0.433 e. The molecule has 21 heavy (non-hydrogen) atoms.